The Labute approximate surface area is 124 Å². The third-order valence-electron chi connectivity index (χ3n) is 3.49. The van der Waals surface area contributed by atoms with Gasteiger partial charge in [-0.2, -0.15) is 0 Å². The second-order valence-corrected chi connectivity index (χ2v) is 6.83. The predicted octanol–water partition coefficient (Wildman–Crippen LogP) is 2.55. The minimum atomic E-state index is -3.58. The molecule has 1 aromatic carbocycles. The predicted molar refractivity (Wildman–Crippen MR) is 83.0 cm³/mol. The number of hydrogen-bond donors (Lipinski definition) is 2. The average Bonchev–Trinajstić information content (AvgIpc) is 2.49. The molecule has 0 fully saturated rings. The van der Waals surface area contributed by atoms with Crippen LogP contribution in [0.25, 0.3) is 0 Å². The van der Waals surface area contributed by atoms with E-state index in [0.717, 1.165) is 36.3 Å². The number of sulfonamides is 1. The van der Waals surface area contributed by atoms with Gasteiger partial charge in [0.2, 0.25) is 0 Å². The lowest BCUT2D eigenvalue weighted by Gasteiger charge is -2.18. The van der Waals surface area contributed by atoms with Gasteiger partial charge in [-0.3, -0.25) is 9.71 Å². The zero-order chi connectivity index (χ0) is 14.9. The number of anilines is 2. The molecule has 1 aromatic heterocycles. The topological polar surface area (TPSA) is 71.1 Å². The van der Waals surface area contributed by atoms with Crippen molar-refractivity contribution in [2.45, 2.75) is 24.7 Å². The fourth-order valence-corrected chi connectivity index (χ4v) is 3.45. The van der Waals surface area contributed by atoms with E-state index >= 15 is 0 Å². The van der Waals surface area contributed by atoms with Crippen molar-refractivity contribution in [1.29, 1.82) is 0 Å². The third kappa shape index (κ3) is 3.00. The van der Waals surface area contributed by atoms with Crippen molar-refractivity contribution in [2.75, 3.05) is 16.6 Å². The Bertz CT molecular complexity index is 755. The van der Waals surface area contributed by atoms with Crippen LogP contribution >= 0.6 is 0 Å². The Kier molecular flexibility index (Phi) is 3.55. The molecule has 0 atom stereocenters. The number of aromatic nitrogens is 1. The largest absolute Gasteiger partial charge is 0.385 e. The second-order valence-electron chi connectivity index (χ2n) is 5.14. The molecule has 2 N–H and O–H groups in total. The normalized spacial score (nSPS) is 14.1. The van der Waals surface area contributed by atoms with E-state index in [4.69, 9.17) is 0 Å². The number of pyridine rings is 1. The van der Waals surface area contributed by atoms with E-state index < -0.39 is 10.0 Å². The summed E-state index contributed by atoms with van der Waals surface area (Å²) in [5.74, 6) is 0. The average molecular weight is 303 g/mol. The maximum Gasteiger partial charge on any atom is 0.261 e. The van der Waals surface area contributed by atoms with Gasteiger partial charge in [0.05, 0.1) is 16.8 Å². The molecule has 5 nitrogen and oxygen atoms in total. The Morgan fingerprint density at radius 2 is 2.10 bits per heavy atom. The molecular weight excluding hydrogens is 286 g/mol. The molecule has 0 spiro atoms. The highest BCUT2D eigenvalue weighted by Gasteiger charge is 2.17. The first-order valence-electron chi connectivity index (χ1n) is 6.87. The molecule has 21 heavy (non-hydrogen) atoms. The van der Waals surface area contributed by atoms with Crippen LogP contribution in [0.15, 0.2) is 41.4 Å². The molecule has 2 heterocycles. The molecule has 0 saturated heterocycles. The molecule has 0 unspecified atom stereocenters. The van der Waals surface area contributed by atoms with Crippen LogP contribution in [0.2, 0.25) is 0 Å². The van der Waals surface area contributed by atoms with Crippen LogP contribution in [0.4, 0.5) is 11.4 Å². The molecule has 1 aliphatic rings. The van der Waals surface area contributed by atoms with Gasteiger partial charge >= 0.3 is 0 Å². The number of benzene rings is 1. The summed E-state index contributed by atoms with van der Waals surface area (Å²) in [5, 5.41) is 3.27. The van der Waals surface area contributed by atoms with Gasteiger partial charge in [0, 0.05) is 17.9 Å². The van der Waals surface area contributed by atoms with Crippen LogP contribution in [-0.4, -0.2) is 19.9 Å². The molecule has 110 valence electrons. The van der Waals surface area contributed by atoms with Crippen molar-refractivity contribution < 1.29 is 8.42 Å². The van der Waals surface area contributed by atoms with Gasteiger partial charge in [0.25, 0.3) is 10.0 Å². The summed E-state index contributed by atoms with van der Waals surface area (Å²) in [6.07, 6.45) is 3.44. The van der Waals surface area contributed by atoms with Crippen LogP contribution in [-0.2, 0) is 16.4 Å². The van der Waals surface area contributed by atoms with E-state index in [-0.39, 0.29) is 4.90 Å². The van der Waals surface area contributed by atoms with Crippen molar-refractivity contribution in [1.82, 2.24) is 4.98 Å². The van der Waals surface area contributed by atoms with Crippen molar-refractivity contribution in [3.63, 3.8) is 0 Å². The highest BCUT2D eigenvalue weighted by Crippen LogP contribution is 2.25. The number of nitrogens with zero attached hydrogens (tertiary/aromatic N) is 1. The Balaban J connectivity index is 1.89. The van der Waals surface area contributed by atoms with E-state index in [1.165, 1.54) is 6.20 Å². The van der Waals surface area contributed by atoms with Gasteiger partial charge in [-0.15, -0.1) is 0 Å². The van der Waals surface area contributed by atoms with E-state index in [2.05, 4.69) is 15.0 Å². The molecule has 6 heteroatoms. The molecule has 0 bridgehead atoms. The van der Waals surface area contributed by atoms with Gasteiger partial charge in [-0.1, -0.05) is 0 Å². The first-order chi connectivity index (χ1) is 10.0. The monoisotopic (exact) mass is 303 g/mol. The lowest BCUT2D eigenvalue weighted by Crippen LogP contribution is -2.16. The molecule has 0 amide bonds. The fourth-order valence-electron chi connectivity index (χ4n) is 2.36. The van der Waals surface area contributed by atoms with Crippen LogP contribution < -0.4 is 10.0 Å². The Hall–Kier alpha value is -2.08. The first kappa shape index (κ1) is 13.9. The standard InChI is InChI=1S/C15H17N3O2S/c1-11-4-5-13(10-17-11)18-21(19,20)14-6-7-15-12(9-14)3-2-8-16-15/h4-7,9-10,16,18H,2-3,8H2,1H3. The molecule has 2 aromatic rings. The van der Waals surface area contributed by atoms with Gasteiger partial charge in [0.15, 0.2) is 0 Å². The van der Waals surface area contributed by atoms with Crippen LogP contribution in [0.3, 0.4) is 0 Å². The zero-order valence-corrected chi connectivity index (χ0v) is 12.6. The van der Waals surface area contributed by atoms with Crippen LogP contribution in [0.1, 0.15) is 17.7 Å². The zero-order valence-electron chi connectivity index (χ0n) is 11.8. The number of aryl methyl sites for hydroxylation is 2. The summed E-state index contributed by atoms with van der Waals surface area (Å²) < 4.78 is 27.4. The summed E-state index contributed by atoms with van der Waals surface area (Å²) in [5.41, 5.74) is 3.39. The minimum Gasteiger partial charge on any atom is -0.385 e. The lowest BCUT2D eigenvalue weighted by atomic mass is 10.0. The number of fused-ring (bicyclic) bond motifs is 1. The number of hydrogen-bond acceptors (Lipinski definition) is 4. The van der Waals surface area contributed by atoms with E-state index in [0.29, 0.717) is 5.69 Å². The molecule has 0 radical (unpaired) electrons. The number of nitrogens with one attached hydrogen (secondary N) is 2. The summed E-state index contributed by atoms with van der Waals surface area (Å²) in [6.45, 7) is 2.79. The first-order valence-corrected chi connectivity index (χ1v) is 8.35. The van der Waals surface area contributed by atoms with Crippen molar-refractivity contribution in [3.8, 4) is 0 Å². The Morgan fingerprint density at radius 1 is 1.24 bits per heavy atom. The van der Waals surface area contributed by atoms with Gasteiger partial charge in [0.1, 0.15) is 0 Å². The Morgan fingerprint density at radius 3 is 2.86 bits per heavy atom. The highest BCUT2D eigenvalue weighted by atomic mass is 32.2. The van der Waals surface area contributed by atoms with E-state index in [1.54, 1.807) is 24.3 Å². The minimum absolute atomic E-state index is 0.283. The van der Waals surface area contributed by atoms with E-state index in [9.17, 15) is 8.42 Å². The maximum atomic E-state index is 12.4. The SMILES string of the molecule is Cc1ccc(NS(=O)(=O)c2ccc3c(c2)CCCN3)cn1. The molecule has 0 saturated carbocycles. The fraction of sp³-hybridized carbons (Fsp3) is 0.267. The summed E-state index contributed by atoms with van der Waals surface area (Å²) in [6, 6.07) is 8.68. The molecule has 1 aliphatic heterocycles. The third-order valence-corrected chi connectivity index (χ3v) is 4.87. The number of rotatable bonds is 3. The second kappa shape index (κ2) is 5.37. The van der Waals surface area contributed by atoms with E-state index in [1.807, 2.05) is 13.0 Å². The van der Waals surface area contributed by atoms with Crippen molar-refractivity contribution in [2.24, 2.45) is 0 Å². The lowest BCUT2D eigenvalue weighted by molar-refractivity contribution is 0.601. The van der Waals surface area contributed by atoms with Gasteiger partial charge in [-0.25, -0.2) is 8.42 Å². The molecule has 3 rings (SSSR count). The smallest absolute Gasteiger partial charge is 0.261 e. The maximum absolute atomic E-state index is 12.4. The quantitative estimate of drug-likeness (QED) is 0.914. The van der Waals surface area contributed by atoms with Gasteiger partial charge < -0.3 is 5.32 Å². The summed E-state index contributed by atoms with van der Waals surface area (Å²) in [7, 11) is -3.58. The molecule has 0 aliphatic carbocycles. The summed E-state index contributed by atoms with van der Waals surface area (Å²) >= 11 is 0. The van der Waals surface area contributed by atoms with Crippen molar-refractivity contribution >= 4 is 21.4 Å². The van der Waals surface area contributed by atoms with Crippen LogP contribution in [0.5, 0.6) is 0 Å². The highest BCUT2D eigenvalue weighted by molar-refractivity contribution is 7.92. The van der Waals surface area contributed by atoms with Crippen LogP contribution in [0, 0.1) is 6.92 Å². The summed E-state index contributed by atoms with van der Waals surface area (Å²) in [4.78, 5) is 4.37. The molecular formula is C15H17N3O2S. The van der Waals surface area contributed by atoms with Crippen molar-refractivity contribution in [3.05, 3.63) is 47.8 Å². The van der Waals surface area contributed by atoms with Gasteiger partial charge in [-0.05, 0) is 55.7 Å².